The summed E-state index contributed by atoms with van der Waals surface area (Å²) < 4.78 is 1.98. The molecule has 3 aromatic rings. The van der Waals surface area contributed by atoms with E-state index in [9.17, 15) is 9.59 Å². The number of imidazole rings is 1. The molecule has 1 atom stereocenters. The van der Waals surface area contributed by atoms with E-state index in [0.29, 0.717) is 26.1 Å². The number of hydrogen-bond acceptors (Lipinski definition) is 4. The predicted octanol–water partition coefficient (Wildman–Crippen LogP) is 2.52. The third kappa shape index (κ3) is 4.64. The van der Waals surface area contributed by atoms with Crippen LogP contribution in [0.25, 0.3) is 5.65 Å². The third-order valence-corrected chi connectivity index (χ3v) is 6.89. The van der Waals surface area contributed by atoms with Gasteiger partial charge < -0.3 is 14.2 Å². The fourth-order valence-electron chi connectivity index (χ4n) is 5.06. The molecular formula is C26H31N5O2. The summed E-state index contributed by atoms with van der Waals surface area (Å²) in [5.41, 5.74) is 3.98. The van der Waals surface area contributed by atoms with Crippen LogP contribution in [0.4, 0.5) is 0 Å². The van der Waals surface area contributed by atoms with Crippen molar-refractivity contribution in [1.82, 2.24) is 24.1 Å². The molecule has 0 N–H and O–H groups in total. The van der Waals surface area contributed by atoms with Gasteiger partial charge in [-0.25, -0.2) is 4.98 Å². The van der Waals surface area contributed by atoms with Crippen LogP contribution in [0.3, 0.4) is 0 Å². The molecular weight excluding hydrogens is 414 g/mol. The molecule has 0 saturated carbocycles. The molecule has 1 aromatic carbocycles. The van der Waals surface area contributed by atoms with Gasteiger partial charge in [0.15, 0.2) is 0 Å². The first-order valence-electron chi connectivity index (χ1n) is 11.9. The molecule has 5 rings (SSSR count). The largest absolute Gasteiger partial charge is 0.340 e. The lowest BCUT2D eigenvalue weighted by molar-refractivity contribution is -0.142. The van der Waals surface area contributed by atoms with Crippen LogP contribution in [0, 0.1) is 6.92 Å². The fourth-order valence-corrected chi connectivity index (χ4v) is 5.06. The van der Waals surface area contributed by atoms with Crippen molar-refractivity contribution in [3.8, 4) is 0 Å². The number of carbonyl (C=O) groups is 2. The molecule has 0 aliphatic carbocycles. The molecule has 2 aliphatic rings. The molecule has 2 saturated heterocycles. The topological polar surface area (TPSA) is 61.2 Å². The fraction of sp³-hybridized carbons (Fsp3) is 0.423. The summed E-state index contributed by atoms with van der Waals surface area (Å²) in [4.78, 5) is 36.9. The van der Waals surface area contributed by atoms with Gasteiger partial charge in [0.2, 0.25) is 11.8 Å². The zero-order chi connectivity index (χ0) is 22.8. The van der Waals surface area contributed by atoms with E-state index in [1.54, 1.807) is 0 Å². The molecule has 0 bridgehead atoms. The lowest BCUT2D eigenvalue weighted by Gasteiger charge is -2.42. The van der Waals surface area contributed by atoms with Gasteiger partial charge in [-0.2, -0.15) is 0 Å². The Bertz CT molecular complexity index is 1130. The molecule has 2 aliphatic heterocycles. The first-order chi connectivity index (χ1) is 16.1. The van der Waals surface area contributed by atoms with Gasteiger partial charge in [0.1, 0.15) is 5.65 Å². The molecule has 33 heavy (non-hydrogen) atoms. The normalized spacial score (nSPS) is 19.9. The zero-order valence-corrected chi connectivity index (χ0v) is 19.2. The maximum atomic E-state index is 13.2. The number of carbonyl (C=O) groups excluding carboxylic acids is 2. The van der Waals surface area contributed by atoms with E-state index in [2.05, 4.69) is 22.0 Å². The molecule has 0 radical (unpaired) electrons. The van der Waals surface area contributed by atoms with Crippen LogP contribution in [0.5, 0.6) is 0 Å². The minimum absolute atomic E-state index is 0.0684. The summed E-state index contributed by atoms with van der Waals surface area (Å²) in [7, 11) is 0. The van der Waals surface area contributed by atoms with Crippen LogP contribution in [0.1, 0.15) is 29.7 Å². The van der Waals surface area contributed by atoms with Crippen molar-refractivity contribution in [3.63, 3.8) is 0 Å². The highest BCUT2D eigenvalue weighted by Gasteiger charge is 2.35. The summed E-state index contributed by atoms with van der Waals surface area (Å²) in [5.74, 6) is 0.335. The Hall–Kier alpha value is -3.19. The average Bonchev–Trinajstić information content (AvgIpc) is 3.25. The van der Waals surface area contributed by atoms with Crippen molar-refractivity contribution in [3.05, 3.63) is 71.7 Å². The number of piperidine rings is 1. The monoisotopic (exact) mass is 445 g/mol. The van der Waals surface area contributed by atoms with Gasteiger partial charge in [-0.3, -0.25) is 14.5 Å². The molecule has 0 spiro atoms. The van der Waals surface area contributed by atoms with Gasteiger partial charge in [0.25, 0.3) is 0 Å². The molecule has 2 amide bonds. The number of fused-ring (bicyclic) bond motifs is 1. The number of aromatic nitrogens is 2. The van der Waals surface area contributed by atoms with Crippen LogP contribution in [0.15, 0.2) is 54.9 Å². The number of amides is 2. The van der Waals surface area contributed by atoms with Crippen LogP contribution in [-0.2, 0) is 22.6 Å². The summed E-state index contributed by atoms with van der Waals surface area (Å²) in [6.45, 7) is 6.33. The van der Waals surface area contributed by atoms with Gasteiger partial charge >= 0.3 is 0 Å². The second-order valence-corrected chi connectivity index (χ2v) is 9.15. The molecule has 7 heteroatoms. The van der Waals surface area contributed by atoms with Crippen molar-refractivity contribution < 1.29 is 9.59 Å². The van der Waals surface area contributed by atoms with E-state index in [0.717, 1.165) is 49.4 Å². The lowest BCUT2D eigenvalue weighted by Crippen LogP contribution is -2.58. The quantitative estimate of drug-likeness (QED) is 0.606. The van der Waals surface area contributed by atoms with Crippen molar-refractivity contribution in [2.24, 2.45) is 0 Å². The minimum Gasteiger partial charge on any atom is -0.340 e. The van der Waals surface area contributed by atoms with Gasteiger partial charge in [-0.05, 0) is 37.0 Å². The molecule has 172 valence electrons. The minimum atomic E-state index is -0.0684. The second-order valence-electron chi connectivity index (χ2n) is 9.15. The lowest BCUT2D eigenvalue weighted by atomic mass is 10.0. The summed E-state index contributed by atoms with van der Waals surface area (Å²) in [5, 5.41) is 0. The van der Waals surface area contributed by atoms with E-state index in [4.69, 9.17) is 0 Å². The molecule has 2 aromatic heterocycles. The molecule has 7 nitrogen and oxygen atoms in total. The highest BCUT2D eigenvalue weighted by molar-refractivity contribution is 5.83. The molecule has 2 fully saturated rings. The van der Waals surface area contributed by atoms with Crippen molar-refractivity contribution in [2.75, 3.05) is 32.7 Å². The van der Waals surface area contributed by atoms with Gasteiger partial charge in [0, 0.05) is 51.7 Å². The smallest absolute Gasteiger partial charge is 0.240 e. The SMILES string of the molecule is Cc1cccn2cc(CC(=O)N3CCN(C4CCCN(Cc5ccccc5)C4=O)CC3)nc12. The molecule has 4 heterocycles. The maximum absolute atomic E-state index is 13.2. The van der Waals surface area contributed by atoms with E-state index >= 15 is 0 Å². The Morgan fingerprint density at radius 3 is 2.58 bits per heavy atom. The summed E-state index contributed by atoms with van der Waals surface area (Å²) in [6.07, 6.45) is 6.14. The van der Waals surface area contributed by atoms with E-state index in [1.807, 2.05) is 63.8 Å². The van der Waals surface area contributed by atoms with Gasteiger partial charge in [-0.15, -0.1) is 0 Å². The Balaban J connectivity index is 1.16. The highest BCUT2D eigenvalue weighted by atomic mass is 16.2. The van der Waals surface area contributed by atoms with E-state index in [1.165, 1.54) is 5.56 Å². The number of nitrogens with zero attached hydrogens (tertiary/aromatic N) is 5. The number of likely N-dealkylation sites (tertiary alicyclic amines) is 1. The first kappa shape index (κ1) is 21.6. The Morgan fingerprint density at radius 1 is 1.03 bits per heavy atom. The van der Waals surface area contributed by atoms with Crippen molar-refractivity contribution in [2.45, 2.75) is 38.8 Å². The van der Waals surface area contributed by atoms with Gasteiger partial charge in [0.05, 0.1) is 18.2 Å². The Kier molecular flexibility index (Phi) is 6.13. The summed E-state index contributed by atoms with van der Waals surface area (Å²) >= 11 is 0. The number of piperazine rings is 1. The van der Waals surface area contributed by atoms with Crippen LogP contribution < -0.4 is 0 Å². The average molecular weight is 446 g/mol. The number of aryl methyl sites for hydroxylation is 1. The molecule has 1 unspecified atom stereocenters. The van der Waals surface area contributed by atoms with Crippen molar-refractivity contribution in [1.29, 1.82) is 0 Å². The maximum Gasteiger partial charge on any atom is 0.240 e. The van der Waals surface area contributed by atoms with E-state index in [-0.39, 0.29) is 17.9 Å². The highest BCUT2D eigenvalue weighted by Crippen LogP contribution is 2.21. The zero-order valence-electron chi connectivity index (χ0n) is 19.2. The predicted molar refractivity (Wildman–Crippen MR) is 127 cm³/mol. The van der Waals surface area contributed by atoms with Crippen LogP contribution in [0.2, 0.25) is 0 Å². The number of benzene rings is 1. The number of rotatable bonds is 5. The third-order valence-electron chi connectivity index (χ3n) is 6.89. The second kappa shape index (κ2) is 9.35. The number of pyridine rings is 1. The Morgan fingerprint density at radius 2 is 1.82 bits per heavy atom. The first-order valence-corrected chi connectivity index (χ1v) is 11.9. The van der Waals surface area contributed by atoms with Gasteiger partial charge in [-0.1, -0.05) is 36.4 Å². The standard InChI is InChI=1S/C26H31N5O2/c1-20-7-5-11-30-19-22(27-25(20)30)17-24(32)29-15-13-28(14-16-29)23-10-6-12-31(26(23)33)18-21-8-3-2-4-9-21/h2-5,7-9,11,19,23H,6,10,12-18H2,1H3. The van der Waals surface area contributed by atoms with Crippen molar-refractivity contribution >= 4 is 17.5 Å². The number of hydrogen-bond donors (Lipinski definition) is 0. The van der Waals surface area contributed by atoms with Crippen LogP contribution in [-0.4, -0.2) is 74.7 Å². The van der Waals surface area contributed by atoms with E-state index < -0.39 is 0 Å². The Labute approximate surface area is 194 Å². The summed E-state index contributed by atoms with van der Waals surface area (Å²) in [6, 6.07) is 14.1. The van der Waals surface area contributed by atoms with Crippen LogP contribution >= 0.6 is 0 Å².